The Balaban J connectivity index is 1.88. The van der Waals surface area contributed by atoms with Gasteiger partial charge in [0.1, 0.15) is 11.8 Å². The van der Waals surface area contributed by atoms with Crippen molar-refractivity contribution in [3.63, 3.8) is 0 Å². The molecule has 4 amide bonds. The van der Waals surface area contributed by atoms with Gasteiger partial charge in [0, 0.05) is 12.1 Å². The Morgan fingerprint density at radius 3 is 2.60 bits per heavy atom. The summed E-state index contributed by atoms with van der Waals surface area (Å²) in [7, 11) is 0. The second-order valence-corrected chi connectivity index (χ2v) is 7.52. The lowest BCUT2D eigenvalue weighted by Crippen LogP contribution is -2.56. The van der Waals surface area contributed by atoms with Crippen LogP contribution in [0.5, 0.6) is 0 Å². The average molecular weight is 363 g/mol. The first-order valence-corrected chi connectivity index (χ1v) is 9.46. The van der Waals surface area contributed by atoms with Gasteiger partial charge in [-0.15, -0.1) is 0 Å². The van der Waals surface area contributed by atoms with Crippen LogP contribution in [-0.4, -0.2) is 62.6 Å². The second-order valence-electron chi connectivity index (χ2n) is 5.97. The zero-order valence-corrected chi connectivity index (χ0v) is 14.4. The summed E-state index contributed by atoms with van der Waals surface area (Å²) in [6, 6.07) is 3.53. The van der Waals surface area contributed by atoms with Crippen molar-refractivity contribution in [2.24, 2.45) is 0 Å². The van der Waals surface area contributed by atoms with Crippen LogP contribution in [0, 0.1) is 0 Å². The zero-order chi connectivity index (χ0) is 18.3. The van der Waals surface area contributed by atoms with Crippen molar-refractivity contribution >= 4 is 40.5 Å². The van der Waals surface area contributed by atoms with Crippen molar-refractivity contribution in [1.29, 1.82) is 0 Å². The molecule has 2 atom stereocenters. The Morgan fingerprint density at radius 2 is 1.96 bits per heavy atom. The van der Waals surface area contributed by atoms with Gasteiger partial charge in [-0.05, 0) is 18.6 Å². The number of nitrogens with zero attached hydrogens (tertiary/aromatic N) is 2. The van der Waals surface area contributed by atoms with Crippen LogP contribution in [-0.2, 0) is 20.8 Å². The molecule has 25 heavy (non-hydrogen) atoms. The Hall–Kier alpha value is -2.39. The fraction of sp³-hybridized carbons (Fsp3) is 0.375. The maximum atomic E-state index is 12.7. The van der Waals surface area contributed by atoms with E-state index in [2.05, 4.69) is 0 Å². The van der Waals surface area contributed by atoms with Gasteiger partial charge in [-0.3, -0.25) is 29.0 Å². The lowest BCUT2D eigenvalue weighted by atomic mass is 10.0. The number of likely N-dealkylation sites (tertiary alicyclic amines) is 1. The zero-order valence-electron chi connectivity index (χ0n) is 13.6. The monoisotopic (exact) mass is 363 g/mol. The molecular weight excluding hydrogens is 346 g/mol. The van der Waals surface area contributed by atoms with Crippen LogP contribution in [0.1, 0.15) is 33.6 Å². The number of anilines is 1. The summed E-state index contributed by atoms with van der Waals surface area (Å²) in [5.74, 6) is -2.05. The number of nitrogens with two attached hydrogens (primary N) is 1. The summed E-state index contributed by atoms with van der Waals surface area (Å²) < 4.78 is 11.3. The minimum atomic E-state index is -1.17. The predicted molar refractivity (Wildman–Crippen MR) is 90.0 cm³/mol. The number of carbonyl (C=O) groups is 4. The summed E-state index contributed by atoms with van der Waals surface area (Å²) in [6.07, 6.45) is 1.59. The fourth-order valence-electron chi connectivity index (χ4n) is 3.13. The third-order valence-electron chi connectivity index (χ3n) is 4.38. The number of piperidine rings is 1. The van der Waals surface area contributed by atoms with Gasteiger partial charge in [-0.1, -0.05) is 17.2 Å². The van der Waals surface area contributed by atoms with E-state index >= 15 is 0 Å². The molecule has 0 saturated carbocycles. The van der Waals surface area contributed by atoms with Crippen molar-refractivity contribution in [3.8, 4) is 0 Å². The van der Waals surface area contributed by atoms with E-state index in [1.54, 1.807) is 6.07 Å². The molecule has 3 rings (SSSR count). The largest absolute Gasteiger partial charge is 0.617 e. The Morgan fingerprint density at radius 1 is 1.24 bits per heavy atom. The maximum absolute atomic E-state index is 12.7. The number of hydrogen-bond acceptors (Lipinski definition) is 6. The van der Waals surface area contributed by atoms with Crippen LogP contribution < -0.4 is 5.73 Å². The number of fused-ring (bicyclic) bond motifs is 1. The number of nitrogen functional groups attached to an aromatic ring is 1. The molecule has 0 bridgehead atoms. The van der Waals surface area contributed by atoms with E-state index in [1.165, 1.54) is 18.4 Å². The molecule has 0 aromatic heterocycles. The Bertz CT molecular complexity index is 779. The van der Waals surface area contributed by atoms with Crippen molar-refractivity contribution < 1.29 is 23.7 Å². The third-order valence-corrected chi connectivity index (χ3v) is 5.13. The van der Waals surface area contributed by atoms with E-state index in [9.17, 15) is 23.7 Å². The highest BCUT2D eigenvalue weighted by atomic mass is 32.2. The molecule has 9 heteroatoms. The molecule has 8 nitrogen and oxygen atoms in total. The molecule has 132 valence electrons. The fourth-order valence-corrected chi connectivity index (χ4v) is 3.57. The van der Waals surface area contributed by atoms with Gasteiger partial charge in [0.2, 0.25) is 5.91 Å². The summed E-state index contributed by atoms with van der Waals surface area (Å²) >= 11 is -1.17. The minimum Gasteiger partial charge on any atom is -0.617 e. The van der Waals surface area contributed by atoms with Crippen molar-refractivity contribution in [3.05, 3.63) is 29.3 Å². The number of carbonyl (C=O) groups excluding carboxylic acids is 4. The lowest BCUT2D eigenvalue weighted by molar-refractivity contribution is -0.151. The van der Waals surface area contributed by atoms with Crippen molar-refractivity contribution in [2.45, 2.75) is 18.9 Å². The van der Waals surface area contributed by atoms with Crippen LogP contribution in [0.3, 0.4) is 0 Å². The van der Waals surface area contributed by atoms with E-state index in [0.29, 0.717) is 0 Å². The first kappa shape index (κ1) is 17.4. The van der Waals surface area contributed by atoms with Gasteiger partial charge in [0.15, 0.2) is 0 Å². The van der Waals surface area contributed by atoms with Crippen LogP contribution in [0.15, 0.2) is 18.2 Å². The highest BCUT2D eigenvalue weighted by molar-refractivity contribution is 7.90. The molecule has 1 aromatic carbocycles. The highest BCUT2D eigenvalue weighted by Gasteiger charge is 2.47. The number of hydrogen-bond donors (Lipinski definition) is 1. The average Bonchev–Trinajstić information content (AvgIpc) is 2.80. The van der Waals surface area contributed by atoms with Crippen LogP contribution >= 0.6 is 0 Å². The van der Waals surface area contributed by atoms with E-state index in [0.717, 1.165) is 9.80 Å². The van der Waals surface area contributed by atoms with E-state index in [-0.39, 0.29) is 47.9 Å². The molecule has 2 aliphatic rings. The molecule has 0 radical (unpaired) electrons. The number of imide groups is 2. The first-order chi connectivity index (χ1) is 11.8. The van der Waals surface area contributed by atoms with Crippen LogP contribution in [0.2, 0.25) is 0 Å². The Labute approximate surface area is 147 Å². The molecule has 0 spiro atoms. The summed E-state index contributed by atoms with van der Waals surface area (Å²) in [6.45, 7) is 0.00257. The molecule has 0 aliphatic carbocycles. The topological polar surface area (TPSA) is 124 Å². The highest BCUT2D eigenvalue weighted by Crippen LogP contribution is 2.31. The summed E-state index contributed by atoms with van der Waals surface area (Å²) in [5, 5.41) is 0. The molecule has 2 unspecified atom stereocenters. The van der Waals surface area contributed by atoms with Gasteiger partial charge in [-0.2, -0.15) is 0 Å². The molecular formula is C16H17N3O5S. The van der Waals surface area contributed by atoms with Gasteiger partial charge >= 0.3 is 0 Å². The maximum Gasteiger partial charge on any atom is 0.264 e. The minimum absolute atomic E-state index is 0.00257. The number of benzene rings is 1. The third kappa shape index (κ3) is 2.89. The molecule has 1 aromatic rings. The first-order valence-electron chi connectivity index (χ1n) is 7.73. The molecule has 1 saturated heterocycles. The second kappa shape index (κ2) is 6.49. The normalized spacial score (nSPS) is 21.8. The van der Waals surface area contributed by atoms with Crippen LogP contribution in [0.4, 0.5) is 5.69 Å². The SMILES string of the molecule is C[S+]([O-])CCN1C(=O)CCC(N2C(=O)c3cccc(N)c3C2=O)C1=O. The van der Waals surface area contributed by atoms with Gasteiger partial charge in [-0.25, -0.2) is 0 Å². The number of amides is 4. The van der Waals surface area contributed by atoms with E-state index < -0.39 is 34.9 Å². The molecule has 2 aliphatic heterocycles. The molecule has 2 N–H and O–H groups in total. The summed E-state index contributed by atoms with van der Waals surface area (Å²) in [4.78, 5) is 51.8. The van der Waals surface area contributed by atoms with E-state index in [4.69, 9.17) is 5.73 Å². The van der Waals surface area contributed by atoms with E-state index in [1.807, 2.05) is 0 Å². The van der Waals surface area contributed by atoms with Crippen LogP contribution in [0.25, 0.3) is 0 Å². The predicted octanol–water partition coefficient (Wildman–Crippen LogP) is -0.239. The lowest BCUT2D eigenvalue weighted by Gasteiger charge is -2.34. The summed E-state index contributed by atoms with van der Waals surface area (Å²) in [5.41, 5.74) is 6.23. The number of rotatable bonds is 4. The van der Waals surface area contributed by atoms with Crippen molar-refractivity contribution in [2.75, 3.05) is 24.3 Å². The van der Waals surface area contributed by atoms with Gasteiger partial charge < -0.3 is 10.3 Å². The standard InChI is InChI=1S/C16H17N3O5S/c1-25(24)8-7-18-12(20)6-5-11(15(18)22)19-14(21)9-3-2-4-10(17)13(9)16(19)23/h2-4,11H,5-8,17H2,1H3. The van der Waals surface area contributed by atoms with Crippen molar-refractivity contribution in [1.82, 2.24) is 9.80 Å². The quantitative estimate of drug-likeness (QED) is 0.447. The molecule has 2 heterocycles. The molecule has 1 fully saturated rings. The Kier molecular flexibility index (Phi) is 4.53. The smallest absolute Gasteiger partial charge is 0.264 e. The van der Waals surface area contributed by atoms with Gasteiger partial charge in [0.25, 0.3) is 17.7 Å². The van der Waals surface area contributed by atoms with Gasteiger partial charge in [0.05, 0.1) is 23.9 Å².